The molecule has 1 aromatic rings. The van der Waals surface area contributed by atoms with Crippen LogP contribution in [0.3, 0.4) is 0 Å². The van der Waals surface area contributed by atoms with E-state index in [0.717, 1.165) is 5.56 Å². The molecule has 100 valence electrons. The summed E-state index contributed by atoms with van der Waals surface area (Å²) in [5, 5.41) is 8.56. The van der Waals surface area contributed by atoms with Crippen molar-refractivity contribution >= 4 is 15.8 Å². The number of carboxylic acids is 1. The lowest BCUT2D eigenvalue weighted by Crippen LogP contribution is -2.12. The SMILES string of the molecule is CCc1ccc(OC)c(S(=O)(=O)CCC(=O)O)c1. The summed E-state index contributed by atoms with van der Waals surface area (Å²) in [6.07, 6.45) is 0.285. The molecule has 0 atom stereocenters. The Hall–Kier alpha value is -1.56. The van der Waals surface area contributed by atoms with E-state index in [1.54, 1.807) is 12.1 Å². The van der Waals surface area contributed by atoms with Crippen molar-refractivity contribution in [2.24, 2.45) is 0 Å². The Labute approximate surface area is 106 Å². The highest BCUT2D eigenvalue weighted by atomic mass is 32.2. The Kier molecular flexibility index (Phi) is 4.72. The number of carboxylic acid groups (broad SMARTS) is 1. The van der Waals surface area contributed by atoms with Gasteiger partial charge in [-0.25, -0.2) is 8.42 Å². The smallest absolute Gasteiger partial charge is 0.304 e. The molecule has 1 aromatic carbocycles. The van der Waals surface area contributed by atoms with Crippen molar-refractivity contribution in [1.82, 2.24) is 0 Å². The Morgan fingerprint density at radius 1 is 1.39 bits per heavy atom. The number of benzene rings is 1. The Balaban J connectivity index is 3.16. The van der Waals surface area contributed by atoms with Crippen molar-refractivity contribution in [2.45, 2.75) is 24.7 Å². The summed E-state index contributed by atoms with van der Waals surface area (Å²) in [4.78, 5) is 10.5. The number of carbonyl (C=O) groups is 1. The molecule has 18 heavy (non-hydrogen) atoms. The molecule has 0 amide bonds. The molecule has 0 saturated carbocycles. The van der Waals surface area contributed by atoms with Crippen LogP contribution >= 0.6 is 0 Å². The van der Waals surface area contributed by atoms with Gasteiger partial charge in [-0.15, -0.1) is 0 Å². The van der Waals surface area contributed by atoms with Gasteiger partial charge in [-0.1, -0.05) is 13.0 Å². The first-order valence-electron chi connectivity index (χ1n) is 5.52. The molecule has 0 aliphatic rings. The van der Waals surface area contributed by atoms with Gasteiger partial charge in [0.1, 0.15) is 10.6 Å². The van der Waals surface area contributed by atoms with Gasteiger partial charge in [0.05, 0.1) is 19.3 Å². The second kappa shape index (κ2) is 5.86. The minimum atomic E-state index is -3.64. The van der Waals surface area contributed by atoms with Gasteiger partial charge in [0, 0.05) is 0 Å². The molecule has 5 nitrogen and oxygen atoms in total. The van der Waals surface area contributed by atoms with E-state index in [1.165, 1.54) is 13.2 Å². The third kappa shape index (κ3) is 3.46. The average Bonchev–Trinajstić information content (AvgIpc) is 2.35. The fourth-order valence-electron chi connectivity index (χ4n) is 1.52. The van der Waals surface area contributed by atoms with E-state index in [0.29, 0.717) is 6.42 Å². The van der Waals surface area contributed by atoms with Gasteiger partial charge < -0.3 is 9.84 Å². The summed E-state index contributed by atoms with van der Waals surface area (Å²) in [6, 6.07) is 4.91. The van der Waals surface area contributed by atoms with Crippen molar-refractivity contribution in [2.75, 3.05) is 12.9 Å². The first-order valence-corrected chi connectivity index (χ1v) is 7.17. The molecule has 0 saturated heterocycles. The molecular weight excluding hydrogens is 256 g/mol. The minimum Gasteiger partial charge on any atom is -0.495 e. The van der Waals surface area contributed by atoms with Crippen LogP contribution in [0.25, 0.3) is 0 Å². The average molecular weight is 272 g/mol. The van der Waals surface area contributed by atoms with Gasteiger partial charge in [0.25, 0.3) is 0 Å². The van der Waals surface area contributed by atoms with E-state index in [1.807, 2.05) is 6.92 Å². The van der Waals surface area contributed by atoms with Crippen molar-refractivity contribution in [3.05, 3.63) is 23.8 Å². The maximum atomic E-state index is 12.0. The van der Waals surface area contributed by atoms with Gasteiger partial charge in [-0.3, -0.25) is 4.79 Å². The van der Waals surface area contributed by atoms with E-state index in [-0.39, 0.29) is 10.6 Å². The number of sulfone groups is 1. The lowest BCUT2D eigenvalue weighted by molar-refractivity contribution is -0.136. The Morgan fingerprint density at radius 2 is 2.06 bits per heavy atom. The van der Waals surface area contributed by atoms with Crippen LogP contribution in [0.4, 0.5) is 0 Å². The third-order valence-electron chi connectivity index (χ3n) is 2.56. The summed E-state index contributed by atoms with van der Waals surface area (Å²) in [5.41, 5.74) is 0.865. The van der Waals surface area contributed by atoms with Crippen LogP contribution in [0.5, 0.6) is 5.75 Å². The number of ether oxygens (including phenoxy) is 1. The number of methoxy groups -OCH3 is 1. The zero-order valence-corrected chi connectivity index (χ0v) is 11.2. The topological polar surface area (TPSA) is 80.7 Å². The molecular formula is C12H16O5S. The maximum Gasteiger partial charge on any atom is 0.304 e. The molecule has 0 aromatic heterocycles. The number of hydrogen-bond acceptors (Lipinski definition) is 4. The van der Waals surface area contributed by atoms with E-state index in [9.17, 15) is 13.2 Å². The number of hydrogen-bond donors (Lipinski definition) is 1. The fourth-order valence-corrected chi connectivity index (χ4v) is 2.97. The van der Waals surface area contributed by atoms with E-state index in [4.69, 9.17) is 9.84 Å². The molecule has 0 aliphatic heterocycles. The van der Waals surface area contributed by atoms with Crippen molar-refractivity contribution in [3.8, 4) is 5.75 Å². The highest BCUT2D eigenvalue weighted by Gasteiger charge is 2.21. The monoisotopic (exact) mass is 272 g/mol. The standard InChI is InChI=1S/C12H16O5S/c1-3-9-4-5-10(17-2)11(8-9)18(15,16)7-6-12(13)14/h4-5,8H,3,6-7H2,1-2H3,(H,13,14). The Bertz CT molecular complexity index is 533. The zero-order chi connectivity index (χ0) is 13.8. The predicted molar refractivity (Wildman–Crippen MR) is 66.7 cm³/mol. The molecule has 0 fully saturated rings. The van der Waals surface area contributed by atoms with Crippen LogP contribution in [0.1, 0.15) is 18.9 Å². The second-order valence-corrected chi connectivity index (χ2v) is 5.88. The van der Waals surface area contributed by atoms with Crippen LogP contribution in [0.15, 0.2) is 23.1 Å². The van der Waals surface area contributed by atoms with Crippen LogP contribution in [0, 0.1) is 0 Å². The minimum absolute atomic E-state index is 0.0607. The fraction of sp³-hybridized carbons (Fsp3) is 0.417. The molecule has 1 rings (SSSR count). The third-order valence-corrected chi connectivity index (χ3v) is 4.29. The normalized spacial score (nSPS) is 11.2. The van der Waals surface area contributed by atoms with Gasteiger partial charge in [-0.2, -0.15) is 0 Å². The summed E-state index contributed by atoms with van der Waals surface area (Å²) in [5.74, 6) is -1.31. The first-order chi connectivity index (χ1) is 8.40. The molecule has 0 spiro atoms. The van der Waals surface area contributed by atoms with Crippen LogP contribution < -0.4 is 4.74 Å². The van der Waals surface area contributed by atoms with E-state index < -0.39 is 28.0 Å². The second-order valence-electron chi connectivity index (χ2n) is 3.80. The van der Waals surface area contributed by atoms with Gasteiger partial charge in [0.15, 0.2) is 9.84 Å². The zero-order valence-electron chi connectivity index (χ0n) is 10.3. The summed E-state index contributed by atoms with van der Waals surface area (Å²) in [7, 11) is -2.25. The van der Waals surface area contributed by atoms with Crippen LogP contribution in [-0.4, -0.2) is 32.4 Å². The maximum absolute atomic E-state index is 12.0. The molecule has 1 N–H and O–H groups in total. The van der Waals surface area contributed by atoms with Crippen molar-refractivity contribution in [3.63, 3.8) is 0 Å². The number of rotatable bonds is 6. The lowest BCUT2D eigenvalue weighted by atomic mass is 10.2. The molecule has 0 unspecified atom stereocenters. The van der Waals surface area contributed by atoms with Crippen LogP contribution in [0.2, 0.25) is 0 Å². The highest BCUT2D eigenvalue weighted by Crippen LogP contribution is 2.26. The predicted octanol–water partition coefficient (Wildman–Crippen LogP) is 1.51. The number of aliphatic carboxylic acids is 1. The summed E-state index contributed by atoms with van der Waals surface area (Å²) < 4.78 is 29.1. The van der Waals surface area contributed by atoms with Gasteiger partial charge >= 0.3 is 5.97 Å². The molecule has 0 aliphatic carbocycles. The Morgan fingerprint density at radius 3 is 2.56 bits per heavy atom. The largest absolute Gasteiger partial charge is 0.495 e. The van der Waals surface area contributed by atoms with E-state index in [2.05, 4.69) is 0 Å². The van der Waals surface area contributed by atoms with Crippen LogP contribution in [-0.2, 0) is 21.1 Å². The van der Waals surface area contributed by atoms with Gasteiger partial charge in [0.2, 0.25) is 0 Å². The molecule has 0 radical (unpaired) electrons. The number of aryl methyl sites for hydroxylation is 1. The van der Waals surface area contributed by atoms with Gasteiger partial charge in [-0.05, 0) is 24.1 Å². The lowest BCUT2D eigenvalue weighted by Gasteiger charge is -2.10. The summed E-state index contributed by atoms with van der Waals surface area (Å²) in [6.45, 7) is 1.91. The summed E-state index contributed by atoms with van der Waals surface area (Å²) >= 11 is 0. The first kappa shape index (κ1) is 14.5. The quantitative estimate of drug-likeness (QED) is 0.849. The molecule has 0 heterocycles. The highest BCUT2D eigenvalue weighted by molar-refractivity contribution is 7.91. The molecule has 0 bridgehead atoms. The molecule has 6 heteroatoms. The van der Waals surface area contributed by atoms with Crippen molar-refractivity contribution in [1.29, 1.82) is 0 Å². The van der Waals surface area contributed by atoms with Crippen molar-refractivity contribution < 1.29 is 23.1 Å². The van der Waals surface area contributed by atoms with E-state index >= 15 is 0 Å².